The van der Waals surface area contributed by atoms with Crippen LogP contribution in [0, 0.1) is 6.92 Å². The van der Waals surface area contributed by atoms with Crippen LogP contribution in [0.3, 0.4) is 0 Å². The number of benzene rings is 1. The van der Waals surface area contributed by atoms with Gasteiger partial charge in [-0.1, -0.05) is 41.9 Å². The van der Waals surface area contributed by atoms with Crippen molar-refractivity contribution >= 4 is 28.8 Å². The Morgan fingerprint density at radius 1 is 1.10 bits per heavy atom. The predicted octanol–water partition coefficient (Wildman–Crippen LogP) is 3.00. The summed E-state index contributed by atoms with van der Waals surface area (Å²) in [5.41, 5.74) is 1.82. The monoisotopic (exact) mass is 445 g/mol. The lowest BCUT2D eigenvalue weighted by Crippen LogP contribution is -2.32. The van der Waals surface area contributed by atoms with Crippen molar-refractivity contribution in [2.75, 3.05) is 38.1 Å². The minimum Gasteiger partial charge on any atom is -0.364 e. The van der Waals surface area contributed by atoms with E-state index in [-0.39, 0.29) is 30.0 Å². The number of ether oxygens (including phenoxy) is 1. The molecule has 0 aliphatic carbocycles. The molecule has 2 heterocycles. The van der Waals surface area contributed by atoms with Crippen LogP contribution in [0.1, 0.15) is 52.5 Å². The van der Waals surface area contributed by atoms with Crippen molar-refractivity contribution in [3.8, 4) is 0 Å². The van der Waals surface area contributed by atoms with Gasteiger partial charge in [-0.05, 0) is 58.0 Å². The Balaban J connectivity index is 1.29. The molecular formula is C22H31N5O3S. The lowest BCUT2D eigenvalue weighted by atomic mass is 10.2. The number of likely N-dealkylation sites (tertiary alicyclic amines) is 1. The van der Waals surface area contributed by atoms with Gasteiger partial charge in [0.1, 0.15) is 18.2 Å². The van der Waals surface area contributed by atoms with Crippen molar-refractivity contribution in [1.29, 1.82) is 0 Å². The molecule has 2 amide bonds. The predicted molar refractivity (Wildman–Crippen MR) is 121 cm³/mol. The molecule has 3 rings (SSSR count). The van der Waals surface area contributed by atoms with Crippen molar-refractivity contribution < 1.29 is 14.3 Å². The van der Waals surface area contributed by atoms with E-state index in [4.69, 9.17) is 4.74 Å². The number of carbonyl (C=O) groups is 2. The molecule has 0 radical (unpaired) electrons. The molecule has 1 aliphatic rings. The van der Waals surface area contributed by atoms with Gasteiger partial charge in [0.25, 0.3) is 5.91 Å². The number of nitrogens with zero attached hydrogens (tertiary/aromatic N) is 3. The molecule has 1 aromatic carbocycles. The number of anilines is 1. The fraction of sp³-hybridized carbons (Fsp3) is 0.545. The zero-order valence-electron chi connectivity index (χ0n) is 18.1. The minimum absolute atomic E-state index is 0.0335. The SMILES string of the molecule is Cc1ccc(NC(=O)c2nnc(COCC(=O)NCCCN3CCCCCC3)s2)cc1. The van der Waals surface area contributed by atoms with E-state index in [9.17, 15) is 9.59 Å². The quantitative estimate of drug-likeness (QED) is 0.546. The fourth-order valence-electron chi connectivity index (χ4n) is 3.40. The number of hydrogen-bond acceptors (Lipinski definition) is 7. The maximum atomic E-state index is 12.3. The first kappa shape index (κ1) is 23.3. The Labute approximate surface area is 187 Å². The number of carbonyl (C=O) groups excluding carboxylic acids is 2. The molecule has 1 fully saturated rings. The zero-order chi connectivity index (χ0) is 21.9. The van der Waals surface area contributed by atoms with E-state index < -0.39 is 0 Å². The van der Waals surface area contributed by atoms with Gasteiger partial charge < -0.3 is 20.3 Å². The number of aryl methyl sites for hydroxylation is 1. The number of rotatable bonds is 10. The van der Waals surface area contributed by atoms with Crippen LogP contribution >= 0.6 is 11.3 Å². The van der Waals surface area contributed by atoms with Gasteiger partial charge in [0, 0.05) is 12.2 Å². The Morgan fingerprint density at radius 3 is 2.58 bits per heavy atom. The Hall–Kier alpha value is -2.36. The number of aromatic nitrogens is 2. The summed E-state index contributed by atoms with van der Waals surface area (Å²) in [7, 11) is 0. The van der Waals surface area contributed by atoms with Gasteiger partial charge in [0.15, 0.2) is 0 Å². The minimum atomic E-state index is -0.310. The van der Waals surface area contributed by atoms with Crippen molar-refractivity contribution in [2.45, 2.75) is 45.6 Å². The van der Waals surface area contributed by atoms with E-state index in [0.29, 0.717) is 17.2 Å². The summed E-state index contributed by atoms with van der Waals surface area (Å²) in [4.78, 5) is 26.7. The summed E-state index contributed by atoms with van der Waals surface area (Å²) in [5, 5.41) is 14.4. The highest BCUT2D eigenvalue weighted by Crippen LogP contribution is 2.15. The summed E-state index contributed by atoms with van der Waals surface area (Å²) < 4.78 is 5.42. The van der Waals surface area contributed by atoms with Gasteiger partial charge in [-0.3, -0.25) is 9.59 Å². The van der Waals surface area contributed by atoms with Crippen LogP contribution in [-0.2, 0) is 16.1 Å². The molecule has 9 heteroatoms. The third-order valence-corrected chi connectivity index (χ3v) is 6.00. The average molecular weight is 446 g/mol. The van der Waals surface area contributed by atoms with Gasteiger partial charge in [0.2, 0.25) is 10.9 Å². The molecule has 168 valence electrons. The first-order valence-corrected chi connectivity index (χ1v) is 11.7. The van der Waals surface area contributed by atoms with E-state index in [2.05, 4.69) is 25.7 Å². The smallest absolute Gasteiger partial charge is 0.286 e. The molecule has 1 saturated heterocycles. The highest BCUT2D eigenvalue weighted by molar-refractivity contribution is 7.13. The Kier molecular flexibility index (Phi) is 9.39. The molecule has 31 heavy (non-hydrogen) atoms. The average Bonchev–Trinajstić information content (AvgIpc) is 3.08. The van der Waals surface area contributed by atoms with Gasteiger partial charge >= 0.3 is 0 Å². The van der Waals surface area contributed by atoms with E-state index >= 15 is 0 Å². The molecule has 0 spiro atoms. The molecule has 1 aliphatic heterocycles. The van der Waals surface area contributed by atoms with Crippen molar-refractivity contribution in [1.82, 2.24) is 20.4 Å². The van der Waals surface area contributed by atoms with Crippen LogP contribution in [0.15, 0.2) is 24.3 Å². The van der Waals surface area contributed by atoms with Crippen LogP contribution in [0.2, 0.25) is 0 Å². The van der Waals surface area contributed by atoms with E-state index in [1.54, 1.807) is 0 Å². The van der Waals surface area contributed by atoms with E-state index in [1.165, 1.54) is 38.8 Å². The zero-order valence-corrected chi connectivity index (χ0v) is 18.9. The van der Waals surface area contributed by atoms with E-state index in [0.717, 1.165) is 29.9 Å². The molecule has 1 aromatic heterocycles. The van der Waals surface area contributed by atoms with Crippen molar-refractivity contribution in [3.05, 3.63) is 39.8 Å². The first-order chi connectivity index (χ1) is 15.1. The molecule has 0 atom stereocenters. The van der Waals surface area contributed by atoms with Crippen LogP contribution in [0.25, 0.3) is 0 Å². The van der Waals surface area contributed by atoms with Crippen LogP contribution < -0.4 is 10.6 Å². The second kappa shape index (κ2) is 12.5. The van der Waals surface area contributed by atoms with Crippen LogP contribution in [-0.4, -0.2) is 59.7 Å². The number of nitrogens with one attached hydrogen (secondary N) is 2. The molecule has 0 bridgehead atoms. The summed E-state index contributed by atoms with van der Waals surface area (Å²) >= 11 is 1.16. The van der Waals surface area contributed by atoms with Gasteiger partial charge in [-0.25, -0.2) is 0 Å². The van der Waals surface area contributed by atoms with Gasteiger partial charge in [0.05, 0.1) is 0 Å². The largest absolute Gasteiger partial charge is 0.364 e. The van der Waals surface area contributed by atoms with Crippen LogP contribution in [0.4, 0.5) is 5.69 Å². The first-order valence-electron chi connectivity index (χ1n) is 10.9. The molecule has 2 aromatic rings. The highest BCUT2D eigenvalue weighted by Gasteiger charge is 2.14. The maximum Gasteiger partial charge on any atom is 0.286 e. The molecule has 2 N–H and O–H groups in total. The third kappa shape index (κ3) is 8.35. The summed E-state index contributed by atoms with van der Waals surface area (Å²) in [6.07, 6.45) is 6.17. The summed E-state index contributed by atoms with van der Waals surface area (Å²) in [5.74, 6) is -0.451. The van der Waals surface area contributed by atoms with Crippen molar-refractivity contribution in [3.63, 3.8) is 0 Å². The maximum absolute atomic E-state index is 12.3. The normalized spacial score (nSPS) is 14.7. The Bertz CT molecular complexity index is 832. The molecule has 0 saturated carbocycles. The molecule has 8 nitrogen and oxygen atoms in total. The van der Waals surface area contributed by atoms with Gasteiger partial charge in [-0.15, -0.1) is 10.2 Å². The standard InChI is InChI=1S/C22H31N5O3S/c1-17-7-9-18(10-8-17)24-21(29)22-26-25-20(31-22)16-30-15-19(28)23-11-6-14-27-12-4-2-3-5-13-27/h7-10H,2-6,11-16H2,1H3,(H,23,28)(H,24,29). The Morgan fingerprint density at radius 2 is 1.84 bits per heavy atom. The molecular weight excluding hydrogens is 414 g/mol. The highest BCUT2D eigenvalue weighted by atomic mass is 32.1. The summed E-state index contributed by atoms with van der Waals surface area (Å²) in [6.45, 7) is 6.12. The van der Waals surface area contributed by atoms with E-state index in [1.807, 2.05) is 31.2 Å². The van der Waals surface area contributed by atoms with Crippen LogP contribution in [0.5, 0.6) is 0 Å². The third-order valence-electron chi connectivity index (χ3n) is 5.10. The second-order valence-corrected chi connectivity index (χ2v) is 8.84. The fourth-order valence-corrected chi connectivity index (χ4v) is 4.07. The van der Waals surface area contributed by atoms with Gasteiger partial charge in [-0.2, -0.15) is 0 Å². The number of hydrogen-bond donors (Lipinski definition) is 2. The lowest BCUT2D eigenvalue weighted by molar-refractivity contribution is -0.126. The lowest BCUT2D eigenvalue weighted by Gasteiger charge is -2.19. The van der Waals surface area contributed by atoms with Crippen molar-refractivity contribution in [2.24, 2.45) is 0 Å². The number of amides is 2. The topological polar surface area (TPSA) is 96.5 Å². The molecule has 0 unspecified atom stereocenters. The second-order valence-electron chi connectivity index (χ2n) is 7.77. The summed E-state index contributed by atoms with van der Waals surface area (Å²) in [6, 6.07) is 7.53.